The minimum absolute atomic E-state index is 0. The van der Waals surface area contributed by atoms with E-state index in [1.54, 1.807) is 0 Å². The summed E-state index contributed by atoms with van der Waals surface area (Å²) in [6.07, 6.45) is 0. The first-order valence-electron chi connectivity index (χ1n) is 6.05. The van der Waals surface area contributed by atoms with Gasteiger partial charge in [-0.2, -0.15) is 0 Å². The van der Waals surface area contributed by atoms with Gasteiger partial charge in [-0.25, -0.2) is 0 Å². The molecule has 2 rings (SSSR count). The van der Waals surface area contributed by atoms with Gasteiger partial charge in [0.2, 0.25) is 0 Å². The maximum atomic E-state index is 5.56. The predicted octanol–water partition coefficient (Wildman–Crippen LogP) is 2.02. The van der Waals surface area contributed by atoms with Gasteiger partial charge in [0.1, 0.15) is 11.5 Å². The van der Waals surface area contributed by atoms with E-state index in [-0.39, 0.29) is 12.4 Å². The Hall–Kier alpha value is -1.69. The lowest BCUT2D eigenvalue weighted by atomic mass is 10.2. The van der Waals surface area contributed by atoms with Crippen LogP contribution in [0.15, 0.2) is 48.5 Å². The molecule has 0 saturated heterocycles. The molecule has 2 aromatic rings. The van der Waals surface area contributed by atoms with Crippen LogP contribution < -0.4 is 20.8 Å². The minimum Gasteiger partial charge on any atom is -0.526 e. The third-order valence-electron chi connectivity index (χ3n) is 2.64. The summed E-state index contributed by atoms with van der Waals surface area (Å²) in [5, 5.41) is 0. The Balaban J connectivity index is 0.00000200. The third kappa shape index (κ3) is 4.77. The SMILES string of the molecule is Cl.NCc1cccc(O[B]Oc2cccc(CN)c2)c1. The molecule has 0 atom stereocenters. The van der Waals surface area contributed by atoms with Gasteiger partial charge in [0.15, 0.2) is 0 Å². The molecular formula is C14H17BClN2O2. The number of hydrogen-bond donors (Lipinski definition) is 2. The first-order valence-corrected chi connectivity index (χ1v) is 6.05. The number of halogens is 1. The lowest BCUT2D eigenvalue weighted by Gasteiger charge is -2.08. The fourth-order valence-electron chi connectivity index (χ4n) is 1.63. The van der Waals surface area contributed by atoms with Crippen LogP contribution >= 0.6 is 12.4 Å². The molecule has 0 amide bonds. The van der Waals surface area contributed by atoms with Crippen molar-refractivity contribution in [3.05, 3.63) is 59.7 Å². The van der Waals surface area contributed by atoms with E-state index in [9.17, 15) is 0 Å². The fraction of sp³-hybridized carbons (Fsp3) is 0.143. The molecule has 20 heavy (non-hydrogen) atoms. The maximum Gasteiger partial charge on any atom is 0.658 e. The first kappa shape index (κ1) is 16.4. The monoisotopic (exact) mass is 291 g/mol. The van der Waals surface area contributed by atoms with E-state index < -0.39 is 0 Å². The molecule has 0 aromatic heterocycles. The molecule has 0 aliphatic heterocycles. The Morgan fingerprint density at radius 1 is 0.800 bits per heavy atom. The van der Waals surface area contributed by atoms with Crippen LogP contribution in [-0.2, 0) is 13.1 Å². The summed E-state index contributed by atoms with van der Waals surface area (Å²) >= 11 is 0. The Morgan fingerprint density at radius 3 is 1.65 bits per heavy atom. The second kappa shape index (κ2) is 8.48. The van der Waals surface area contributed by atoms with Crippen LogP contribution in [0, 0.1) is 0 Å². The highest BCUT2D eigenvalue weighted by Crippen LogP contribution is 2.15. The Bertz CT molecular complexity index is 493. The molecule has 2 aromatic carbocycles. The molecule has 0 bridgehead atoms. The highest BCUT2D eigenvalue weighted by atomic mass is 35.5. The van der Waals surface area contributed by atoms with Gasteiger partial charge in [0.05, 0.1) is 0 Å². The van der Waals surface area contributed by atoms with Gasteiger partial charge in [-0.15, -0.1) is 12.4 Å². The van der Waals surface area contributed by atoms with E-state index >= 15 is 0 Å². The summed E-state index contributed by atoms with van der Waals surface area (Å²) in [5.41, 5.74) is 13.1. The van der Waals surface area contributed by atoms with Crippen molar-refractivity contribution in [2.45, 2.75) is 13.1 Å². The van der Waals surface area contributed by atoms with Gasteiger partial charge >= 0.3 is 7.69 Å². The number of hydrogen-bond acceptors (Lipinski definition) is 4. The van der Waals surface area contributed by atoms with E-state index in [2.05, 4.69) is 0 Å². The molecule has 0 unspecified atom stereocenters. The lowest BCUT2D eigenvalue weighted by molar-refractivity contribution is 0.458. The second-order valence-corrected chi connectivity index (χ2v) is 4.03. The zero-order valence-electron chi connectivity index (χ0n) is 11.0. The summed E-state index contributed by atoms with van der Waals surface area (Å²) in [6.45, 7) is 0.965. The summed E-state index contributed by atoms with van der Waals surface area (Å²) in [4.78, 5) is 0. The molecule has 0 saturated carbocycles. The quantitative estimate of drug-likeness (QED) is 0.799. The van der Waals surface area contributed by atoms with Crippen molar-refractivity contribution in [3.63, 3.8) is 0 Å². The van der Waals surface area contributed by atoms with E-state index in [0.717, 1.165) is 11.1 Å². The average Bonchev–Trinajstić information content (AvgIpc) is 2.48. The van der Waals surface area contributed by atoms with Crippen LogP contribution in [0.4, 0.5) is 0 Å². The molecule has 0 heterocycles. The van der Waals surface area contributed by atoms with Crippen molar-refractivity contribution in [1.82, 2.24) is 0 Å². The van der Waals surface area contributed by atoms with Crippen molar-refractivity contribution in [1.29, 1.82) is 0 Å². The molecule has 6 heteroatoms. The molecule has 105 valence electrons. The molecule has 0 aliphatic carbocycles. The predicted molar refractivity (Wildman–Crippen MR) is 82.9 cm³/mol. The molecule has 4 N–H and O–H groups in total. The van der Waals surface area contributed by atoms with Crippen molar-refractivity contribution in [3.8, 4) is 11.5 Å². The van der Waals surface area contributed by atoms with Crippen LogP contribution in [0.25, 0.3) is 0 Å². The Labute approximate surface area is 125 Å². The van der Waals surface area contributed by atoms with Gasteiger partial charge in [-0.1, -0.05) is 24.3 Å². The van der Waals surface area contributed by atoms with Gasteiger partial charge in [-0.05, 0) is 35.4 Å². The standard InChI is InChI=1S/C14H16BN2O2.ClH/c16-9-11-3-1-5-13(7-11)18-15-19-14-6-2-4-12(8-14)10-17;/h1-8H,9-10,16-17H2;1H. The summed E-state index contributed by atoms with van der Waals surface area (Å²) in [5.74, 6) is 1.39. The number of nitrogens with two attached hydrogens (primary N) is 2. The normalized spacial score (nSPS) is 9.50. The second-order valence-electron chi connectivity index (χ2n) is 4.03. The zero-order chi connectivity index (χ0) is 13.5. The summed E-state index contributed by atoms with van der Waals surface area (Å²) in [6, 6.07) is 15.1. The smallest absolute Gasteiger partial charge is 0.526 e. The minimum atomic E-state index is 0. The summed E-state index contributed by atoms with van der Waals surface area (Å²) in [7, 11) is 1.30. The van der Waals surface area contributed by atoms with Gasteiger partial charge in [0.25, 0.3) is 0 Å². The molecule has 0 spiro atoms. The third-order valence-corrected chi connectivity index (χ3v) is 2.64. The fourth-order valence-corrected chi connectivity index (χ4v) is 1.63. The molecular weight excluding hydrogens is 274 g/mol. The topological polar surface area (TPSA) is 70.5 Å². The molecule has 4 nitrogen and oxygen atoms in total. The van der Waals surface area contributed by atoms with E-state index in [1.807, 2.05) is 48.5 Å². The molecule has 0 aliphatic rings. The Kier molecular flexibility index (Phi) is 6.94. The lowest BCUT2D eigenvalue weighted by Crippen LogP contribution is -2.11. The van der Waals surface area contributed by atoms with E-state index in [4.69, 9.17) is 20.8 Å². The van der Waals surface area contributed by atoms with Crippen LogP contribution in [0.1, 0.15) is 11.1 Å². The van der Waals surface area contributed by atoms with Gasteiger partial charge in [-0.3, -0.25) is 0 Å². The Morgan fingerprint density at radius 2 is 1.25 bits per heavy atom. The highest BCUT2D eigenvalue weighted by Gasteiger charge is 2.02. The molecule has 0 fully saturated rings. The van der Waals surface area contributed by atoms with Gasteiger partial charge < -0.3 is 20.8 Å². The van der Waals surface area contributed by atoms with Crippen LogP contribution in [-0.4, -0.2) is 7.69 Å². The van der Waals surface area contributed by atoms with E-state index in [1.165, 1.54) is 7.69 Å². The van der Waals surface area contributed by atoms with Crippen molar-refractivity contribution in [2.75, 3.05) is 0 Å². The highest BCUT2D eigenvalue weighted by molar-refractivity contribution is 6.20. The van der Waals surface area contributed by atoms with Crippen molar-refractivity contribution in [2.24, 2.45) is 11.5 Å². The first-order chi connectivity index (χ1) is 9.31. The average molecular weight is 292 g/mol. The van der Waals surface area contributed by atoms with Crippen molar-refractivity contribution < 1.29 is 9.31 Å². The van der Waals surface area contributed by atoms with Crippen LogP contribution in [0.5, 0.6) is 11.5 Å². The largest absolute Gasteiger partial charge is 0.658 e. The van der Waals surface area contributed by atoms with Crippen molar-refractivity contribution >= 4 is 20.1 Å². The molecule has 1 radical (unpaired) electrons. The number of benzene rings is 2. The van der Waals surface area contributed by atoms with Crippen LogP contribution in [0.2, 0.25) is 0 Å². The summed E-state index contributed by atoms with van der Waals surface area (Å²) < 4.78 is 10.8. The number of rotatable bonds is 6. The van der Waals surface area contributed by atoms with E-state index in [0.29, 0.717) is 24.6 Å². The van der Waals surface area contributed by atoms with Gasteiger partial charge in [0, 0.05) is 13.1 Å². The maximum absolute atomic E-state index is 5.56. The van der Waals surface area contributed by atoms with Crippen LogP contribution in [0.3, 0.4) is 0 Å². The zero-order valence-corrected chi connectivity index (χ0v) is 11.8.